The minimum Gasteiger partial charge on any atom is -0.387 e. The van der Waals surface area contributed by atoms with Crippen molar-refractivity contribution in [3.05, 3.63) is 0 Å². The van der Waals surface area contributed by atoms with E-state index in [1.807, 2.05) is 0 Å². The molecule has 15 heteroatoms. The second kappa shape index (κ2) is 7.02. The van der Waals surface area contributed by atoms with Gasteiger partial charge in [-0.2, -0.15) is 0 Å². The first-order valence-corrected chi connectivity index (χ1v) is 7.56. The van der Waals surface area contributed by atoms with Crippen molar-refractivity contribution >= 4 is 21.6 Å². The standard InChI is InChI=1S/C5H12O13P2/c6-1(2(7)4(9)17-19(11,12)13)3(8)5(10)18-20(14,15)16/h1-4,6-9H,(H2,11,12,13)(H2,14,15,16)/t1-,2+,3-,4?/m0/s1. The predicted octanol–water partition coefficient (Wildman–Crippen LogP) is -3.87. The van der Waals surface area contributed by atoms with Crippen molar-refractivity contribution in [3.8, 4) is 0 Å². The van der Waals surface area contributed by atoms with Crippen molar-refractivity contribution in [1.29, 1.82) is 0 Å². The van der Waals surface area contributed by atoms with Crippen LogP contribution in [0.15, 0.2) is 0 Å². The number of phosphoric acid groups is 2. The van der Waals surface area contributed by atoms with Crippen LogP contribution in [-0.4, -0.2) is 70.6 Å². The third kappa shape index (κ3) is 7.38. The van der Waals surface area contributed by atoms with Gasteiger partial charge >= 0.3 is 21.6 Å². The summed E-state index contributed by atoms with van der Waals surface area (Å²) in [5.41, 5.74) is 0. The molecule has 1 unspecified atom stereocenters. The van der Waals surface area contributed by atoms with Crippen molar-refractivity contribution < 1.29 is 63.0 Å². The van der Waals surface area contributed by atoms with Gasteiger partial charge in [0, 0.05) is 0 Å². The highest BCUT2D eigenvalue weighted by Gasteiger charge is 2.40. The zero-order chi connectivity index (χ0) is 16.3. The minimum atomic E-state index is -5.32. The van der Waals surface area contributed by atoms with E-state index < -0.39 is 46.2 Å². The fourth-order valence-electron chi connectivity index (χ4n) is 0.869. The quantitative estimate of drug-likeness (QED) is 0.164. The summed E-state index contributed by atoms with van der Waals surface area (Å²) in [6.45, 7) is 0. The lowest BCUT2D eigenvalue weighted by Gasteiger charge is -2.25. The molecule has 0 rings (SSSR count). The molecule has 120 valence electrons. The molecule has 0 radical (unpaired) electrons. The second-order valence-electron chi connectivity index (χ2n) is 3.31. The van der Waals surface area contributed by atoms with Crippen LogP contribution in [0.3, 0.4) is 0 Å². The van der Waals surface area contributed by atoms with Crippen LogP contribution in [0.4, 0.5) is 0 Å². The van der Waals surface area contributed by atoms with Crippen LogP contribution in [-0.2, 0) is 23.0 Å². The van der Waals surface area contributed by atoms with Gasteiger partial charge in [-0.25, -0.2) is 13.9 Å². The Balaban J connectivity index is 4.72. The molecule has 0 aromatic carbocycles. The molecule has 0 amide bonds. The van der Waals surface area contributed by atoms with Crippen LogP contribution < -0.4 is 0 Å². The normalized spacial score (nSPS) is 19.0. The number of hydrogen-bond donors (Lipinski definition) is 8. The number of carbonyl (C=O) groups excluding carboxylic acids is 1. The van der Waals surface area contributed by atoms with Crippen LogP contribution >= 0.6 is 15.6 Å². The highest BCUT2D eigenvalue weighted by molar-refractivity contribution is 7.47. The summed E-state index contributed by atoms with van der Waals surface area (Å²) < 4.78 is 27.5. The molecule has 4 atom stereocenters. The zero-order valence-corrected chi connectivity index (χ0v) is 11.1. The summed E-state index contributed by atoms with van der Waals surface area (Å²) in [6, 6.07) is 0. The van der Waals surface area contributed by atoms with E-state index in [4.69, 9.17) is 34.9 Å². The Morgan fingerprint density at radius 1 is 0.850 bits per heavy atom. The Bertz CT molecular complexity index is 422. The van der Waals surface area contributed by atoms with Gasteiger partial charge in [0.05, 0.1) is 0 Å². The van der Waals surface area contributed by atoms with Gasteiger partial charge in [-0.1, -0.05) is 0 Å². The molecule has 0 saturated carbocycles. The van der Waals surface area contributed by atoms with E-state index in [9.17, 15) is 19.0 Å². The van der Waals surface area contributed by atoms with Crippen molar-refractivity contribution in [2.24, 2.45) is 0 Å². The summed E-state index contributed by atoms with van der Waals surface area (Å²) >= 11 is 0. The number of hydrogen-bond acceptors (Lipinski definition) is 9. The van der Waals surface area contributed by atoms with E-state index >= 15 is 0 Å². The summed E-state index contributed by atoms with van der Waals surface area (Å²) in [6.07, 6.45) is -10.6. The lowest BCUT2D eigenvalue weighted by molar-refractivity contribution is -0.182. The fraction of sp³-hybridized carbons (Fsp3) is 0.800. The average Bonchev–Trinajstić information content (AvgIpc) is 2.21. The van der Waals surface area contributed by atoms with Gasteiger partial charge in [-0.3, -0.25) is 14.3 Å². The van der Waals surface area contributed by atoms with Crippen LogP contribution in [0.1, 0.15) is 0 Å². The number of rotatable bonds is 7. The topological polar surface area (TPSA) is 232 Å². The molecule has 13 nitrogen and oxygen atoms in total. The van der Waals surface area contributed by atoms with E-state index in [2.05, 4.69) is 9.05 Å². The second-order valence-corrected chi connectivity index (χ2v) is 5.67. The third-order valence-electron chi connectivity index (χ3n) is 1.66. The van der Waals surface area contributed by atoms with Crippen LogP contribution in [0.5, 0.6) is 0 Å². The molecule has 0 aliphatic rings. The molecule has 0 bridgehead atoms. The van der Waals surface area contributed by atoms with E-state index in [1.165, 1.54) is 0 Å². The van der Waals surface area contributed by atoms with Crippen molar-refractivity contribution in [2.75, 3.05) is 0 Å². The Hall–Kier alpha value is -0.430. The largest absolute Gasteiger partial charge is 0.527 e. The SMILES string of the molecule is O=C(OP(=O)(O)O)[C@@H](O)[C@@H](O)[C@@H](O)C(O)OP(=O)(O)O. The lowest BCUT2D eigenvalue weighted by atomic mass is 10.1. The van der Waals surface area contributed by atoms with Gasteiger partial charge in [0.1, 0.15) is 12.2 Å². The smallest absolute Gasteiger partial charge is 0.387 e. The van der Waals surface area contributed by atoms with Gasteiger partial charge in [0.25, 0.3) is 0 Å². The molecule has 0 aliphatic heterocycles. The van der Waals surface area contributed by atoms with Crippen LogP contribution in [0, 0.1) is 0 Å². The van der Waals surface area contributed by atoms with Gasteiger partial charge < -0.3 is 34.7 Å². The van der Waals surface area contributed by atoms with Gasteiger partial charge in [0.2, 0.25) is 0 Å². The maximum absolute atomic E-state index is 10.9. The monoisotopic (exact) mass is 342 g/mol. The molecule has 0 saturated heterocycles. The van der Waals surface area contributed by atoms with Crippen LogP contribution in [0.25, 0.3) is 0 Å². The van der Waals surface area contributed by atoms with Crippen molar-refractivity contribution in [1.82, 2.24) is 0 Å². The Labute approximate surface area is 110 Å². The summed E-state index contributed by atoms with van der Waals surface area (Å²) in [5.74, 6) is -2.05. The number of phosphoric ester groups is 2. The number of aliphatic hydroxyl groups is 4. The maximum Gasteiger partial charge on any atom is 0.527 e. The van der Waals surface area contributed by atoms with Crippen molar-refractivity contribution in [3.63, 3.8) is 0 Å². The van der Waals surface area contributed by atoms with E-state index in [1.54, 1.807) is 0 Å². The Morgan fingerprint density at radius 3 is 1.65 bits per heavy atom. The molecular weight excluding hydrogens is 330 g/mol. The molecule has 0 aromatic heterocycles. The first-order chi connectivity index (χ1) is 8.74. The molecule has 0 aromatic rings. The van der Waals surface area contributed by atoms with Gasteiger partial charge in [-0.05, 0) is 0 Å². The predicted molar refractivity (Wildman–Crippen MR) is 55.3 cm³/mol. The lowest BCUT2D eigenvalue weighted by Crippen LogP contribution is -2.48. The molecule has 0 heterocycles. The Morgan fingerprint density at radius 2 is 1.30 bits per heavy atom. The first kappa shape index (κ1) is 19.6. The first-order valence-electron chi connectivity index (χ1n) is 4.50. The Kier molecular flexibility index (Phi) is 6.87. The third-order valence-corrected chi connectivity index (χ3v) is 2.57. The molecule has 0 spiro atoms. The highest BCUT2D eigenvalue weighted by Crippen LogP contribution is 2.38. The molecule has 20 heavy (non-hydrogen) atoms. The highest BCUT2D eigenvalue weighted by atomic mass is 31.2. The number of carbonyl (C=O) groups is 1. The average molecular weight is 342 g/mol. The van der Waals surface area contributed by atoms with Crippen LogP contribution in [0.2, 0.25) is 0 Å². The van der Waals surface area contributed by atoms with E-state index in [-0.39, 0.29) is 0 Å². The summed E-state index contributed by atoms with van der Waals surface area (Å²) in [7, 11) is -10.6. The summed E-state index contributed by atoms with van der Waals surface area (Å²) in [4.78, 5) is 44.0. The van der Waals surface area contributed by atoms with E-state index in [0.29, 0.717) is 0 Å². The molecule has 0 aliphatic carbocycles. The zero-order valence-electron chi connectivity index (χ0n) is 9.32. The molecule has 0 fully saturated rings. The van der Waals surface area contributed by atoms with Gasteiger partial charge in [0.15, 0.2) is 12.4 Å². The molecule has 8 N–H and O–H groups in total. The number of aliphatic hydroxyl groups excluding tert-OH is 4. The minimum absolute atomic E-state index is 2.05. The van der Waals surface area contributed by atoms with E-state index in [0.717, 1.165) is 0 Å². The van der Waals surface area contributed by atoms with Crippen molar-refractivity contribution in [2.45, 2.75) is 24.6 Å². The van der Waals surface area contributed by atoms with Gasteiger partial charge in [-0.15, -0.1) is 0 Å². The molecular formula is C5H12O13P2. The fourth-order valence-corrected chi connectivity index (χ4v) is 1.62. The summed E-state index contributed by atoms with van der Waals surface area (Å²) in [5, 5.41) is 36.3. The maximum atomic E-state index is 10.9.